The summed E-state index contributed by atoms with van der Waals surface area (Å²) < 4.78 is 0. The van der Waals surface area contributed by atoms with Crippen molar-refractivity contribution in [1.82, 2.24) is 0 Å². The first kappa shape index (κ1) is 14.7. The summed E-state index contributed by atoms with van der Waals surface area (Å²) in [4.78, 5) is 0. The molecule has 0 saturated heterocycles. The second kappa shape index (κ2) is 5.50. The number of aliphatic hydroxyl groups is 1. The van der Waals surface area contributed by atoms with Crippen molar-refractivity contribution < 1.29 is 5.11 Å². The van der Waals surface area contributed by atoms with Crippen LogP contribution in [0.4, 0.5) is 0 Å². The molecular weight excluding hydrogens is 272 g/mol. The second-order valence-electron chi connectivity index (χ2n) is 6.02. The molecule has 1 unspecified atom stereocenters. The molecule has 0 saturated carbocycles. The van der Waals surface area contributed by atoms with Gasteiger partial charge in [0.15, 0.2) is 0 Å². The molecule has 0 radical (unpaired) electrons. The van der Waals surface area contributed by atoms with Crippen LogP contribution in [0.25, 0.3) is 21.5 Å². The zero-order valence-corrected chi connectivity index (χ0v) is 13.1. The Kier molecular flexibility index (Phi) is 3.67. The zero-order chi connectivity index (χ0) is 15.7. The Labute approximate surface area is 130 Å². The van der Waals surface area contributed by atoms with Crippen molar-refractivity contribution >= 4 is 21.5 Å². The van der Waals surface area contributed by atoms with E-state index in [-0.39, 0.29) is 6.04 Å². The van der Waals surface area contributed by atoms with Gasteiger partial charge in [-0.2, -0.15) is 10.2 Å². The van der Waals surface area contributed by atoms with Crippen LogP contribution in [0.2, 0.25) is 0 Å². The summed E-state index contributed by atoms with van der Waals surface area (Å²) in [5.74, 6) is 0. The molecule has 3 aromatic rings. The average Bonchev–Trinajstić information content (AvgIpc) is 2.50. The molecule has 3 aromatic carbocycles. The summed E-state index contributed by atoms with van der Waals surface area (Å²) in [7, 11) is 0. The highest BCUT2D eigenvalue weighted by Gasteiger charge is 2.27. The molecule has 22 heavy (non-hydrogen) atoms. The van der Waals surface area contributed by atoms with Gasteiger partial charge in [0.1, 0.15) is 0 Å². The Morgan fingerprint density at radius 1 is 0.909 bits per heavy atom. The van der Waals surface area contributed by atoms with Crippen molar-refractivity contribution in [2.75, 3.05) is 0 Å². The minimum atomic E-state index is -1.36. The molecule has 0 heterocycles. The summed E-state index contributed by atoms with van der Waals surface area (Å²) in [6.45, 7) is 5.59. The van der Waals surface area contributed by atoms with Crippen molar-refractivity contribution in [3.8, 4) is 0 Å². The molecule has 112 valence electrons. The fourth-order valence-corrected chi connectivity index (χ4v) is 2.80. The maximum Gasteiger partial charge on any atom is 0.200 e. The van der Waals surface area contributed by atoms with E-state index in [0.29, 0.717) is 0 Å². The highest BCUT2D eigenvalue weighted by Crippen LogP contribution is 2.36. The van der Waals surface area contributed by atoms with Gasteiger partial charge in [0.25, 0.3) is 0 Å². The van der Waals surface area contributed by atoms with Crippen molar-refractivity contribution in [3.05, 3.63) is 60.2 Å². The Balaban J connectivity index is 2.37. The van der Waals surface area contributed by atoms with E-state index in [1.54, 1.807) is 6.92 Å². The van der Waals surface area contributed by atoms with E-state index in [9.17, 15) is 5.11 Å². The summed E-state index contributed by atoms with van der Waals surface area (Å²) in [6, 6.07) is 18.3. The summed E-state index contributed by atoms with van der Waals surface area (Å²) in [5.41, 5.74) is -0.546. The van der Waals surface area contributed by atoms with Crippen molar-refractivity contribution in [3.63, 3.8) is 0 Å². The van der Waals surface area contributed by atoms with Gasteiger partial charge in [-0.05, 0) is 48.4 Å². The van der Waals surface area contributed by atoms with Crippen LogP contribution in [0.3, 0.4) is 0 Å². The van der Waals surface area contributed by atoms with Crippen LogP contribution in [-0.4, -0.2) is 11.1 Å². The predicted molar refractivity (Wildman–Crippen MR) is 91.0 cm³/mol. The first-order valence-corrected chi connectivity index (χ1v) is 7.54. The normalized spacial score (nSPS) is 15.0. The molecule has 0 fully saturated rings. The van der Waals surface area contributed by atoms with Crippen LogP contribution in [-0.2, 0) is 5.72 Å². The fourth-order valence-electron chi connectivity index (χ4n) is 2.80. The van der Waals surface area contributed by atoms with Gasteiger partial charge in [-0.1, -0.05) is 48.5 Å². The SMILES string of the molecule is CC(C)/N=N/C(C)(O)c1c2ccccc2cc2ccccc12. The minimum Gasteiger partial charge on any atom is -0.364 e. The fraction of sp³-hybridized carbons (Fsp3) is 0.263. The molecule has 0 spiro atoms. The molecule has 1 N–H and O–H groups in total. The molecule has 0 aliphatic rings. The molecular formula is C19H20N2O. The predicted octanol–water partition coefficient (Wildman–Crippen LogP) is 5.02. The van der Waals surface area contributed by atoms with Gasteiger partial charge in [-0.15, -0.1) is 0 Å². The first-order chi connectivity index (χ1) is 10.5. The standard InChI is InChI=1S/C19H20N2O/c1-13(2)20-21-19(3,22)18-16-10-6-4-8-14(16)12-15-9-5-7-11-17(15)18/h4-13,22H,1-3H3/b21-20+. The molecule has 0 bridgehead atoms. The lowest BCUT2D eigenvalue weighted by atomic mass is 9.91. The third-order valence-corrected chi connectivity index (χ3v) is 3.73. The number of hydrogen-bond donors (Lipinski definition) is 1. The lowest BCUT2D eigenvalue weighted by molar-refractivity contribution is 0.0605. The van der Waals surface area contributed by atoms with Gasteiger partial charge in [0.2, 0.25) is 5.72 Å². The lowest BCUT2D eigenvalue weighted by Crippen LogP contribution is -2.19. The number of rotatable bonds is 3. The maximum absolute atomic E-state index is 11.0. The van der Waals surface area contributed by atoms with Crippen molar-refractivity contribution in [1.29, 1.82) is 0 Å². The molecule has 3 rings (SSSR count). The van der Waals surface area contributed by atoms with E-state index < -0.39 is 5.72 Å². The van der Waals surface area contributed by atoms with E-state index in [2.05, 4.69) is 28.4 Å². The minimum absolute atomic E-state index is 0.0488. The summed E-state index contributed by atoms with van der Waals surface area (Å²) in [5, 5.41) is 23.5. The topological polar surface area (TPSA) is 45.0 Å². The van der Waals surface area contributed by atoms with Crippen molar-refractivity contribution in [2.24, 2.45) is 10.2 Å². The van der Waals surface area contributed by atoms with E-state index in [0.717, 1.165) is 27.1 Å². The van der Waals surface area contributed by atoms with Crippen LogP contribution in [0, 0.1) is 0 Å². The van der Waals surface area contributed by atoms with Gasteiger partial charge in [0.05, 0.1) is 6.04 Å². The Bertz CT molecular complexity index is 796. The van der Waals surface area contributed by atoms with Crippen LogP contribution >= 0.6 is 0 Å². The molecule has 1 atom stereocenters. The summed E-state index contributed by atoms with van der Waals surface area (Å²) >= 11 is 0. The molecule has 3 nitrogen and oxygen atoms in total. The maximum atomic E-state index is 11.0. The third kappa shape index (κ3) is 2.60. The van der Waals surface area contributed by atoms with E-state index >= 15 is 0 Å². The van der Waals surface area contributed by atoms with Crippen LogP contribution < -0.4 is 0 Å². The third-order valence-electron chi connectivity index (χ3n) is 3.73. The molecule has 0 aliphatic heterocycles. The number of nitrogens with zero attached hydrogens (tertiary/aromatic N) is 2. The number of azo groups is 1. The van der Waals surface area contributed by atoms with Crippen LogP contribution in [0.5, 0.6) is 0 Å². The molecule has 0 amide bonds. The largest absolute Gasteiger partial charge is 0.364 e. The van der Waals surface area contributed by atoms with Gasteiger partial charge in [-0.3, -0.25) is 0 Å². The zero-order valence-electron chi connectivity index (χ0n) is 13.1. The highest BCUT2D eigenvalue weighted by molar-refractivity contribution is 6.02. The second-order valence-corrected chi connectivity index (χ2v) is 6.02. The van der Waals surface area contributed by atoms with E-state index in [1.807, 2.05) is 50.2 Å². The Morgan fingerprint density at radius 3 is 1.91 bits per heavy atom. The molecule has 3 heteroatoms. The van der Waals surface area contributed by atoms with Gasteiger partial charge in [-0.25, -0.2) is 0 Å². The van der Waals surface area contributed by atoms with Crippen molar-refractivity contribution in [2.45, 2.75) is 32.5 Å². The monoisotopic (exact) mass is 292 g/mol. The van der Waals surface area contributed by atoms with Crippen LogP contribution in [0.1, 0.15) is 26.3 Å². The van der Waals surface area contributed by atoms with Gasteiger partial charge >= 0.3 is 0 Å². The summed E-state index contributed by atoms with van der Waals surface area (Å²) in [6.07, 6.45) is 0. The van der Waals surface area contributed by atoms with Gasteiger partial charge in [0, 0.05) is 5.56 Å². The quantitative estimate of drug-likeness (QED) is 0.534. The Morgan fingerprint density at radius 2 is 1.41 bits per heavy atom. The van der Waals surface area contributed by atoms with E-state index in [4.69, 9.17) is 0 Å². The lowest BCUT2D eigenvalue weighted by Gasteiger charge is -2.22. The smallest absolute Gasteiger partial charge is 0.200 e. The molecule has 0 aromatic heterocycles. The molecule has 0 aliphatic carbocycles. The first-order valence-electron chi connectivity index (χ1n) is 7.54. The Hall–Kier alpha value is -2.26. The average molecular weight is 292 g/mol. The van der Waals surface area contributed by atoms with Crippen LogP contribution in [0.15, 0.2) is 64.8 Å². The number of hydrogen-bond acceptors (Lipinski definition) is 3. The number of benzene rings is 3. The van der Waals surface area contributed by atoms with E-state index in [1.165, 1.54) is 0 Å². The van der Waals surface area contributed by atoms with Gasteiger partial charge < -0.3 is 5.11 Å². The number of fused-ring (bicyclic) bond motifs is 2. The highest BCUT2D eigenvalue weighted by atomic mass is 16.3.